The third-order valence-electron chi connectivity index (χ3n) is 2.73. The van der Waals surface area contributed by atoms with Gasteiger partial charge in [0.2, 0.25) is 5.95 Å². The molecule has 8 heteroatoms. The molecule has 0 saturated carbocycles. The minimum absolute atomic E-state index is 0.177. The highest BCUT2D eigenvalue weighted by molar-refractivity contribution is 6.58. The Hall–Kier alpha value is -1.28. The Bertz CT molecular complexity index is 378. The molecule has 0 unspecified atom stereocenters. The second-order valence-corrected chi connectivity index (χ2v) is 4.03. The van der Waals surface area contributed by atoms with Crippen molar-refractivity contribution in [2.24, 2.45) is 0 Å². The van der Waals surface area contributed by atoms with E-state index >= 15 is 0 Å². The predicted octanol–water partition coefficient (Wildman–Crippen LogP) is -0.608. The van der Waals surface area contributed by atoms with E-state index in [1.54, 1.807) is 4.90 Å². The fourth-order valence-corrected chi connectivity index (χ4v) is 1.66. The maximum Gasteiger partial charge on any atom is 0.491 e. The average molecular weight is 243 g/mol. The molecule has 0 spiro atoms. The fourth-order valence-electron chi connectivity index (χ4n) is 1.66. The third kappa shape index (κ3) is 2.89. The van der Waals surface area contributed by atoms with Crippen molar-refractivity contribution in [3.8, 4) is 0 Å². The highest BCUT2D eigenvalue weighted by Gasteiger charge is 2.34. The average Bonchev–Trinajstić information content (AvgIpc) is 2.29. The minimum atomic E-state index is -2.60. The molecular weight excluding hydrogens is 231 g/mol. The molecule has 5 nitrogen and oxygen atoms in total. The van der Waals surface area contributed by atoms with Gasteiger partial charge in [0.25, 0.3) is 5.92 Å². The van der Waals surface area contributed by atoms with Gasteiger partial charge in [-0.2, -0.15) is 0 Å². The lowest BCUT2D eigenvalue weighted by molar-refractivity contribution is -0.0222. The number of rotatable bonds is 2. The summed E-state index contributed by atoms with van der Waals surface area (Å²) < 4.78 is 25.9. The number of halogens is 2. The highest BCUT2D eigenvalue weighted by Crippen LogP contribution is 2.28. The quantitative estimate of drug-likeness (QED) is 0.678. The molecule has 0 aliphatic carbocycles. The van der Waals surface area contributed by atoms with Crippen LogP contribution in [0.4, 0.5) is 14.7 Å². The van der Waals surface area contributed by atoms with Crippen LogP contribution >= 0.6 is 0 Å². The standard InChI is InChI=1S/C9H12BF2N3O2/c11-9(12)1-3-15(4-2-9)8-13-5-7(6-14-8)10(16)17/h5-6,16-17H,1-4H2. The Morgan fingerprint density at radius 1 is 1.18 bits per heavy atom. The lowest BCUT2D eigenvalue weighted by Crippen LogP contribution is -2.40. The van der Waals surface area contributed by atoms with Crippen LogP contribution in [0.15, 0.2) is 12.4 Å². The topological polar surface area (TPSA) is 69.5 Å². The smallest absolute Gasteiger partial charge is 0.423 e. The summed E-state index contributed by atoms with van der Waals surface area (Å²) in [5.74, 6) is -2.26. The normalized spacial score (nSPS) is 19.2. The van der Waals surface area contributed by atoms with Crippen molar-refractivity contribution in [1.29, 1.82) is 0 Å². The molecule has 92 valence electrons. The molecule has 17 heavy (non-hydrogen) atoms. The summed E-state index contributed by atoms with van der Waals surface area (Å²) in [6, 6.07) is 0. The van der Waals surface area contributed by atoms with Crippen LogP contribution in [-0.4, -0.2) is 46.1 Å². The van der Waals surface area contributed by atoms with Crippen molar-refractivity contribution in [3.05, 3.63) is 12.4 Å². The first kappa shape index (κ1) is 12.2. The monoisotopic (exact) mass is 243 g/mol. The molecule has 0 aromatic carbocycles. The summed E-state index contributed by atoms with van der Waals surface area (Å²) in [5.41, 5.74) is 0.177. The number of piperidine rings is 1. The molecule has 1 aromatic rings. The highest BCUT2D eigenvalue weighted by atomic mass is 19.3. The number of alkyl halides is 2. The lowest BCUT2D eigenvalue weighted by atomic mass is 9.83. The first-order valence-electron chi connectivity index (χ1n) is 5.29. The van der Waals surface area contributed by atoms with Gasteiger partial charge in [0.15, 0.2) is 0 Å². The van der Waals surface area contributed by atoms with Crippen molar-refractivity contribution < 1.29 is 18.8 Å². The molecule has 2 N–H and O–H groups in total. The summed E-state index contributed by atoms with van der Waals surface area (Å²) in [5, 5.41) is 17.7. The van der Waals surface area contributed by atoms with Gasteiger partial charge in [-0.05, 0) is 0 Å². The molecule has 0 radical (unpaired) electrons. The zero-order valence-electron chi connectivity index (χ0n) is 9.05. The Balaban J connectivity index is 2.04. The number of nitrogens with zero attached hydrogens (tertiary/aromatic N) is 3. The van der Waals surface area contributed by atoms with E-state index in [1.165, 1.54) is 12.4 Å². The Labute approximate surface area is 97.3 Å². The molecule has 0 amide bonds. The van der Waals surface area contributed by atoms with Gasteiger partial charge in [-0.25, -0.2) is 18.7 Å². The van der Waals surface area contributed by atoms with Crippen molar-refractivity contribution in [1.82, 2.24) is 9.97 Å². The van der Waals surface area contributed by atoms with Gasteiger partial charge in [0.05, 0.1) is 0 Å². The lowest BCUT2D eigenvalue weighted by Gasteiger charge is -2.31. The Kier molecular flexibility index (Phi) is 3.25. The van der Waals surface area contributed by atoms with Crippen LogP contribution in [0.25, 0.3) is 0 Å². The van der Waals surface area contributed by atoms with Crippen LogP contribution in [0, 0.1) is 0 Å². The third-order valence-corrected chi connectivity index (χ3v) is 2.73. The number of anilines is 1. The molecule has 1 fully saturated rings. The van der Waals surface area contributed by atoms with Crippen LogP contribution in [0.3, 0.4) is 0 Å². The fraction of sp³-hybridized carbons (Fsp3) is 0.556. The number of hydrogen-bond donors (Lipinski definition) is 2. The van der Waals surface area contributed by atoms with E-state index in [9.17, 15) is 8.78 Å². The van der Waals surface area contributed by atoms with E-state index in [0.717, 1.165) is 0 Å². The van der Waals surface area contributed by atoms with E-state index in [0.29, 0.717) is 5.95 Å². The summed E-state index contributed by atoms with van der Waals surface area (Å²) >= 11 is 0. The molecule has 2 heterocycles. The van der Waals surface area contributed by atoms with Crippen LogP contribution < -0.4 is 10.4 Å². The number of hydrogen-bond acceptors (Lipinski definition) is 5. The Morgan fingerprint density at radius 3 is 2.18 bits per heavy atom. The molecule has 0 atom stereocenters. The minimum Gasteiger partial charge on any atom is -0.423 e. The van der Waals surface area contributed by atoms with Crippen molar-refractivity contribution in [2.75, 3.05) is 18.0 Å². The molecule has 1 aromatic heterocycles. The number of aromatic nitrogens is 2. The van der Waals surface area contributed by atoms with Crippen LogP contribution in [-0.2, 0) is 0 Å². The van der Waals surface area contributed by atoms with E-state index < -0.39 is 13.0 Å². The second-order valence-electron chi connectivity index (χ2n) is 4.03. The second kappa shape index (κ2) is 4.54. The van der Waals surface area contributed by atoms with Gasteiger partial charge >= 0.3 is 7.12 Å². The van der Waals surface area contributed by atoms with Gasteiger partial charge in [0, 0.05) is 43.8 Å². The zero-order valence-corrected chi connectivity index (χ0v) is 9.05. The van der Waals surface area contributed by atoms with Crippen LogP contribution in [0.2, 0.25) is 0 Å². The molecule has 1 aliphatic heterocycles. The molecule has 1 aliphatic rings. The van der Waals surface area contributed by atoms with Crippen molar-refractivity contribution in [3.63, 3.8) is 0 Å². The van der Waals surface area contributed by atoms with Crippen LogP contribution in [0.5, 0.6) is 0 Å². The molecular formula is C9H12BF2N3O2. The SMILES string of the molecule is OB(O)c1cnc(N2CCC(F)(F)CC2)nc1. The van der Waals surface area contributed by atoms with Gasteiger partial charge in [-0.15, -0.1) is 0 Å². The van der Waals surface area contributed by atoms with E-state index in [2.05, 4.69) is 9.97 Å². The molecule has 2 rings (SSSR count). The van der Waals surface area contributed by atoms with Gasteiger partial charge in [-0.1, -0.05) is 0 Å². The van der Waals surface area contributed by atoms with E-state index in [-0.39, 0.29) is 31.4 Å². The summed E-state index contributed by atoms with van der Waals surface area (Å²) in [6.07, 6.45) is 2.14. The van der Waals surface area contributed by atoms with Gasteiger partial charge in [-0.3, -0.25) is 0 Å². The largest absolute Gasteiger partial charge is 0.491 e. The Morgan fingerprint density at radius 2 is 1.71 bits per heavy atom. The van der Waals surface area contributed by atoms with E-state index in [4.69, 9.17) is 10.0 Å². The van der Waals surface area contributed by atoms with Crippen molar-refractivity contribution >= 4 is 18.5 Å². The summed E-state index contributed by atoms with van der Waals surface area (Å²) in [6.45, 7) is 0.405. The van der Waals surface area contributed by atoms with Crippen LogP contribution in [0.1, 0.15) is 12.8 Å². The first-order valence-corrected chi connectivity index (χ1v) is 5.29. The van der Waals surface area contributed by atoms with E-state index in [1.807, 2.05) is 0 Å². The summed E-state index contributed by atoms with van der Waals surface area (Å²) in [4.78, 5) is 9.50. The summed E-state index contributed by atoms with van der Waals surface area (Å²) in [7, 11) is -1.62. The maximum absolute atomic E-state index is 12.9. The first-order chi connectivity index (χ1) is 7.98. The van der Waals surface area contributed by atoms with Gasteiger partial charge in [0.1, 0.15) is 0 Å². The predicted molar refractivity (Wildman–Crippen MR) is 58.3 cm³/mol. The maximum atomic E-state index is 12.9. The molecule has 1 saturated heterocycles. The zero-order chi connectivity index (χ0) is 12.5. The van der Waals surface area contributed by atoms with Gasteiger partial charge < -0.3 is 14.9 Å². The van der Waals surface area contributed by atoms with Crippen molar-refractivity contribution in [2.45, 2.75) is 18.8 Å². The molecule has 0 bridgehead atoms.